The zero-order valence-electron chi connectivity index (χ0n) is 12.9. The minimum Gasteiger partial charge on any atom is -0.508 e. The molecule has 0 radical (unpaired) electrons. The summed E-state index contributed by atoms with van der Waals surface area (Å²) in [7, 11) is 2.18. The third-order valence-corrected chi connectivity index (χ3v) is 5.83. The van der Waals surface area contributed by atoms with Crippen LogP contribution < -0.4 is 0 Å². The van der Waals surface area contributed by atoms with Crippen LogP contribution in [0.4, 0.5) is 0 Å². The number of aromatic hydroxyl groups is 1. The summed E-state index contributed by atoms with van der Waals surface area (Å²) in [6.45, 7) is 7.00. The van der Waals surface area contributed by atoms with Crippen LogP contribution >= 0.6 is 0 Å². The Morgan fingerprint density at radius 3 is 3.00 bits per heavy atom. The summed E-state index contributed by atoms with van der Waals surface area (Å²) in [6.07, 6.45) is 3.68. The zero-order chi connectivity index (χ0) is 15.2. The molecule has 1 aromatic rings. The van der Waals surface area contributed by atoms with E-state index in [1.807, 2.05) is 6.07 Å². The number of aliphatic hydroxyl groups excluding tert-OH is 1. The number of fused-ring (bicyclic) bond motifs is 4. The molecule has 0 amide bonds. The Morgan fingerprint density at radius 1 is 1.52 bits per heavy atom. The number of aliphatic hydroxyl groups is 1. The molecule has 4 unspecified atom stereocenters. The van der Waals surface area contributed by atoms with E-state index in [1.54, 1.807) is 12.1 Å². The van der Waals surface area contributed by atoms with Crippen LogP contribution in [0, 0.1) is 5.92 Å². The van der Waals surface area contributed by atoms with Gasteiger partial charge in [-0.1, -0.05) is 25.1 Å². The minimum absolute atomic E-state index is 0.149. The lowest BCUT2D eigenvalue weighted by Gasteiger charge is -2.55. The van der Waals surface area contributed by atoms with Gasteiger partial charge in [0.05, 0.1) is 6.10 Å². The van der Waals surface area contributed by atoms with Gasteiger partial charge >= 0.3 is 0 Å². The summed E-state index contributed by atoms with van der Waals surface area (Å²) >= 11 is 0. The Morgan fingerprint density at radius 2 is 2.29 bits per heavy atom. The maximum Gasteiger partial charge on any atom is 0.119 e. The number of hydrogen-bond acceptors (Lipinski definition) is 3. The van der Waals surface area contributed by atoms with Crippen molar-refractivity contribution in [3.8, 4) is 5.75 Å². The van der Waals surface area contributed by atoms with Crippen molar-refractivity contribution in [1.82, 2.24) is 4.90 Å². The molecule has 0 aromatic heterocycles. The summed E-state index contributed by atoms with van der Waals surface area (Å²) in [5.74, 6) is 0.797. The molecule has 1 saturated heterocycles. The monoisotopic (exact) mass is 287 g/mol. The first-order valence-corrected chi connectivity index (χ1v) is 7.82. The van der Waals surface area contributed by atoms with E-state index in [2.05, 4.69) is 31.5 Å². The zero-order valence-corrected chi connectivity index (χ0v) is 12.9. The summed E-state index contributed by atoms with van der Waals surface area (Å²) in [5.41, 5.74) is 2.16. The van der Waals surface area contributed by atoms with Gasteiger partial charge < -0.3 is 15.1 Å². The molecule has 0 saturated carbocycles. The lowest BCUT2D eigenvalue weighted by molar-refractivity contribution is 0.0153. The molecule has 3 nitrogen and oxygen atoms in total. The number of nitrogens with zero attached hydrogens (tertiary/aromatic N) is 1. The van der Waals surface area contributed by atoms with Crippen molar-refractivity contribution in [2.75, 3.05) is 13.6 Å². The lowest BCUT2D eigenvalue weighted by atomic mass is 9.56. The average molecular weight is 287 g/mol. The molecular weight excluding hydrogens is 262 g/mol. The molecule has 1 aromatic carbocycles. The second-order valence-corrected chi connectivity index (χ2v) is 6.77. The van der Waals surface area contributed by atoms with Crippen molar-refractivity contribution in [3.63, 3.8) is 0 Å². The van der Waals surface area contributed by atoms with E-state index in [1.165, 1.54) is 5.56 Å². The Hall–Kier alpha value is -1.32. The Balaban J connectivity index is 2.16. The first kappa shape index (κ1) is 14.6. The van der Waals surface area contributed by atoms with E-state index < -0.39 is 6.10 Å². The molecule has 1 aliphatic carbocycles. The third kappa shape index (κ3) is 2.11. The van der Waals surface area contributed by atoms with E-state index in [9.17, 15) is 10.2 Å². The highest BCUT2D eigenvalue weighted by molar-refractivity contribution is 5.49. The minimum atomic E-state index is -0.526. The van der Waals surface area contributed by atoms with Crippen LogP contribution in [0.2, 0.25) is 0 Å². The SMILES string of the molecule is C=CC(O)CC12CCN(C)C(Cc3cccc(O)c31)C2C. The van der Waals surface area contributed by atoms with Crippen LogP contribution in [0.3, 0.4) is 0 Å². The van der Waals surface area contributed by atoms with Gasteiger partial charge in [0.25, 0.3) is 0 Å². The average Bonchev–Trinajstić information content (AvgIpc) is 2.46. The normalized spacial score (nSPS) is 33.3. The van der Waals surface area contributed by atoms with Gasteiger partial charge in [-0.15, -0.1) is 6.58 Å². The van der Waals surface area contributed by atoms with Crippen molar-refractivity contribution in [1.29, 1.82) is 0 Å². The third-order valence-electron chi connectivity index (χ3n) is 5.83. The first-order valence-electron chi connectivity index (χ1n) is 7.82. The highest BCUT2D eigenvalue weighted by Crippen LogP contribution is 2.53. The van der Waals surface area contributed by atoms with Gasteiger partial charge in [0, 0.05) is 17.0 Å². The number of rotatable bonds is 3. The van der Waals surface area contributed by atoms with E-state index in [0.717, 1.165) is 24.9 Å². The largest absolute Gasteiger partial charge is 0.508 e. The highest BCUT2D eigenvalue weighted by atomic mass is 16.3. The standard InChI is InChI=1S/C18H25NO2/c1-4-14(20)11-18-8-9-19(3)15(12(18)2)10-13-6-5-7-16(21)17(13)18/h4-7,12,14-15,20-21H,1,8-11H2,2-3H3. The molecule has 0 spiro atoms. The van der Waals surface area contributed by atoms with Gasteiger partial charge in [0.2, 0.25) is 0 Å². The van der Waals surface area contributed by atoms with Crippen LogP contribution in [0.5, 0.6) is 5.75 Å². The molecule has 2 bridgehead atoms. The van der Waals surface area contributed by atoms with Crippen molar-refractivity contribution in [3.05, 3.63) is 42.0 Å². The fourth-order valence-corrected chi connectivity index (χ4v) is 4.61. The van der Waals surface area contributed by atoms with Crippen molar-refractivity contribution in [2.45, 2.75) is 43.7 Å². The maximum absolute atomic E-state index is 10.5. The summed E-state index contributed by atoms with van der Waals surface area (Å²) in [4.78, 5) is 2.43. The maximum atomic E-state index is 10.5. The van der Waals surface area contributed by atoms with E-state index in [4.69, 9.17) is 0 Å². The molecule has 1 fully saturated rings. The van der Waals surface area contributed by atoms with Gasteiger partial charge in [0.15, 0.2) is 0 Å². The van der Waals surface area contributed by atoms with Gasteiger partial charge in [-0.3, -0.25) is 0 Å². The van der Waals surface area contributed by atoms with Gasteiger partial charge in [-0.2, -0.15) is 0 Å². The topological polar surface area (TPSA) is 43.7 Å². The van der Waals surface area contributed by atoms with Gasteiger partial charge in [-0.05, 0) is 50.4 Å². The molecular formula is C18H25NO2. The number of phenolic OH excluding ortho intramolecular Hbond substituents is 1. The summed E-state index contributed by atoms with van der Waals surface area (Å²) in [5, 5.41) is 20.7. The number of likely N-dealkylation sites (N-methyl/N-ethyl adjacent to an activating group) is 1. The number of phenols is 1. The Bertz CT molecular complexity index is 556. The van der Waals surface area contributed by atoms with E-state index >= 15 is 0 Å². The number of piperidine rings is 1. The number of likely N-dealkylation sites (tertiary alicyclic amines) is 1. The number of benzene rings is 1. The molecule has 3 heteroatoms. The van der Waals surface area contributed by atoms with E-state index in [-0.39, 0.29) is 5.41 Å². The molecule has 2 N–H and O–H groups in total. The molecule has 2 aliphatic rings. The molecule has 4 atom stereocenters. The van der Waals surface area contributed by atoms with E-state index in [0.29, 0.717) is 24.1 Å². The summed E-state index contributed by atoms with van der Waals surface area (Å²) in [6, 6.07) is 6.32. The fourth-order valence-electron chi connectivity index (χ4n) is 4.61. The summed E-state index contributed by atoms with van der Waals surface area (Å²) < 4.78 is 0. The molecule has 114 valence electrons. The van der Waals surface area contributed by atoms with Crippen molar-refractivity contribution < 1.29 is 10.2 Å². The second kappa shape index (κ2) is 5.15. The fraction of sp³-hybridized carbons (Fsp3) is 0.556. The highest BCUT2D eigenvalue weighted by Gasteiger charge is 2.51. The van der Waals surface area contributed by atoms with Crippen LogP contribution in [0.15, 0.2) is 30.9 Å². The molecule has 1 aliphatic heterocycles. The Labute approximate surface area is 126 Å². The van der Waals surface area contributed by atoms with Crippen LogP contribution in [0.25, 0.3) is 0 Å². The van der Waals surface area contributed by atoms with Crippen LogP contribution in [-0.4, -0.2) is 40.9 Å². The van der Waals surface area contributed by atoms with Crippen LogP contribution in [-0.2, 0) is 11.8 Å². The van der Waals surface area contributed by atoms with Crippen LogP contribution in [0.1, 0.15) is 30.9 Å². The number of hydrogen-bond donors (Lipinski definition) is 2. The van der Waals surface area contributed by atoms with Gasteiger partial charge in [-0.25, -0.2) is 0 Å². The quantitative estimate of drug-likeness (QED) is 0.839. The smallest absolute Gasteiger partial charge is 0.119 e. The van der Waals surface area contributed by atoms with Crippen molar-refractivity contribution in [2.24, 2.45) is 5.92 Å². The molecule has 1 heterocycles. The molecule has 3 rings (SSSR count). The van der Waals surface area contributed by atoms with Crippen molar-refractivity contribution >= 4 is 0 Å². The predicted molar refractivity (Wildman–Crippen MR) is 84.5 cm³/mol. The van der Waals surface area contributed by atoms with Gasteiger partial charge in [0.1, 0.15) is 5.75 Å². The predicted octanol–water partition coefficient (Wildman–Crippen LogP) is 2.46. The Kier molecular flexibility index (Phi) is 3.58. The first-order chi connectivity index (χ1) is 9.99. The second-order valence-electron chi connectivity index (χ2n) is 6.77. The molecule has 21 heavy (non-hydrogen) atoms. The lowest BCUT2D eigenvalue weighted by Crippen LogP contribution is -2.58.